The number of rotatable bonds is 6. The molecule has 0 aliphatic heterocycles. The molecule has 0 radical (unpaired) electrons. The fraction of sp³-hybridized carbons (Fsp3) is 0.364. The van der Waals surface area contributed by atoms with E-state index in [4.69, 9.17) is 5.11 Å². The Balaban J connectivity index is 2.86. The van der Waals surface area contributed by atoms with E-state index < -0.39 is 46.2 Å². The molecule has 21 heavy (non-hydrogen) atoms. The Kier molecular flexibility index (Phi) is 5.06. The van der Waals surface area contributed by atoms with Gasteiger partial charge in [-0.15, -0.1) is 0 Å². The number of carboxylic acid groups (broad SMARTS) is 1. The van der Waals surface area contributed by atoms with Gasteiger partial charge in [0.15, 0.2) is 5.82 Å². The van der Waals surface area contributed by atoms with E-state index in [1.165, 1.54) is 0 Å². The maximum absolute atomic E-state index is 13.5. The van der Waals surface area contributed by atoms with Gasteiger partial charge in [0.1, 0.15) is 5.56 Å². The summed E-state index contributed by atoms with van der Waals surface area (Å²) in [5.41, 5.74) is -2.08. The monoisotopic (exact) mass is 310 g/mol. The van der Waals surface area contributed by atoms with Crippen molar-refractivity contribution in [3.05, 3.63) is 33.6 Å². The van der Waals surface area contributed by atoms with Gasteiger partial charge in [-0.05, 0) is 12.5 Å². The number of nitro groups is 1. The number of halogens is 4. The van der Waals surface area contributed by atoms with Crippen molar-refractivity contribution in [2.75, 3.05) is 11.9 Å². The molecule has 0 saturated carbocycles. The molecule has 0 bridgehead atoms. The summed E-state index contributed by atoms with van der Waals surface area (Å²) >= 11 is 0. The van der Waals surface area contributed by atoms with Crippen LogP contribution in [0.2, 0.25) is 0 Å². The van der Waals surface area contributed by atoms with Gasteiger partial charge in [0.05, 0.1) is 16.7 Å². The Morgan fingerprint density at radius 1 is 1.38 bits per heavy atom. The lowest BCUT2D eigenvalue weighted by Crippen LogP contribution is -2.12. The molecule has 0 fully saturated rings. The van der Waals surface area contributed by atoms with E-state index >= 15 is 0 Å². The number of alkyl halides is 3. The lowest BCUT2D eigenvalue weighted by molar-refractivity contribution is -0.385. The average molecular weight is 310 g/mol. The molecule has 0 unspecified atom stereocenters. The lowest BCUT2D eigenvalue weighted by Gasteiger charge is -2.10. The summed E-state index contributed by atoms with van der Waals surface area (Å²) in [7, 11) is 0. The molecule has 2 N–H and O–H groups in total. The van der Waals surface area contributed by atoms with Gasteiger partial charge in [-0.1, -0.05) is 0 Å². The molecular formula is C11H10F4N2O4. The Morgan fingerprint density at radius 3 is 2.48 bits per heavy atom. The van der Waals surface area contributed by atoms with Crippen LogP contribution in [-0.4, -0.2) is 28.7 Å². The van der Waals surface area contributed by atoms with Crippen LogP contribution in [0.5, 0.6) is 0 Å². The normalized spacial score (nSPS) is 11.2. The van der Waals surface area contributed by atoms with E-state index in [0.717, 1.165) is 0 Å². The second-order valence-electron chi connectivity index (χ2n) is 4.06. The smallest absolute Gasteiger partial charge is 0.389 e. The van der Waals surface area contributed by atoms with E-state index in [1.54, 1.807) is 0 Å². The number of hydrogen-bond acceptors (Lipinski definition) is 4. The second-order valence-corrected chi connectivity index (χ2v) is 4.06. The molecule has 0 aliphatic carbocycles. The summed E-state index contributed by atoms with van der Waals surface area (Å²) in [6.45, 7) is -0.257. The van der Waals surface area contributed by atoms with Crippen LogP contribution in [0.15, 0.2) is 12.1 Å². The number of carboxylic acids is 1. The third-order valence-electron chi connectivity index (χ3n) is 2.46. The Hall–Kier alpha value is -2.39. The minimum absolute atomic E-state index is 0.257. The van der Waals surface area contributed by atoms with Crippen molar-refractivity contribution in [1.82, 2.24) is 0 Å². The summed E-state index contributed by atoms with van der Waals surface area (Å²) in [4.78, 5) is 20.4. The third kappa shape index (κ3) is 4.89. The predicted molar refractivity (Wildman–Crippen MR) is 63.8 cm³/mol. The first-order chi connectivity index (χ1) is 9.61. The van der Waals surface area contributed by atoms with Crippen molar-refractivity contribution in [2.24, 2.45) is 0 Å². The molecule has 0 aliphatic rings. The zero-order valence-electron chi connectivity index (χ0n) is 10.4. The minimum atomic E-state index is -4.35. The molecule has 10 heteroatoms. The fourth-order valence-electron chi connectivity index (χ4n) is 1.53. The average Bonchev–Trinajstić information content (AvgIpc) is 2.33. The molecule has 116 valence electrons. The molecule has 1 aromatic rings. The number of aromatic carboxylic acids is 1. The highest BCUT2D eigenvalue weighted by molar-refractivity contribution is 5.93. The zero-order valence-corrected chi connectivity index (χ0v) is 10.4. The van der Waals surface area contributed by atoms with Crippen molar-refractivity contribution in [1.29, 1.82) is 0 Å². The first kappa shape index (κ1) is 16.7. The van der Waals surface area contributed by atoms with Crippen LogP contribution in [0.25, 0.3) is 0 Å². The van der Waals surface area contributed by atoms with Crippen LogP contribution in [0.4, 0.5) is 28.9 Å². The van der Waals surface area contributed by atoms with E-state index in [-0.39, 0.29) is 13.0 Å². The number of carbonyl (C=O) groups is 1. The van der Waals surface area contributed by atoms with Gasteiger partial charge < -0.3 is 10.4 Å². The summed E-state index contributed by atoms with van der Waals surface area (Å²) in [6, 6.07) is 1.10. The fourth-order valence-corrected chi connectivity index (χ4v) is 1.53. The Morgan fingerprint density at radius 2 is 2.00 bits per heavy atom. The SMILES string of the molecule is O=C(O)c1cc(NCCCC(F)(F)F)c(F)cc1[N+](=O)[O-]. The molecule has 0 aromatic heterocycles. The summed E-state index contributed by atoms with van der Waals surface area (Å²) in [5.74, 6) is -2.75. The third-order valence-corrected chi connectivity index (χ3v) is 2.46. The quantitative estimate of drug-likeness (QED) is 0.364. The first-order valence-electron chi connectivity index (χ1n) is 5.63. The number of nitrogens with one attached hydrogen (secondary N) is 1. The number of hydrogen-bond donors (Lipinski definition) is 2. The molecule has 1 aromatic carbocycles. The van der Waals surface area contributed by atoms with Crippen LogP contribution in [0, 0.1) is 15.9 Å². The van der Waals surface area contributed by atoms with E-state index in [9.17, 15) is 32.5 Å². The minimum Gasteiger partial charge on any atom is -0.477 e. The van der Waals surface area contributed by atoms with Gasteiger partial charge in [0.2, 0.25) is 0 Å². The summed E-state index contributed by atoms with van der Waals surface area (Å²) in [6.07, 6.45) is -5.77. The van der Waals surface area contributed by atoms with Crippen molar-refractivity contribution < 1.29 is 32.4 Å². The van der Waals surface area contributed by atoms with E-state index in [1.807, 2.05) is 0 Å². The highest BCUT2D eigenvalue weighted by Gasteiger charge is 2.26. The molecule has 0 atom stereocenters. The number of nitrogens with zero attached hydrogens (tertiary/aromatic N) is 1. The van der Waals surface area contributed by atoms with Crippen LogP contribution >= 0.6 is 0 Å². The van der Waals surface area contributed by atoms with Crippen molar-refractivity contribution in [3.63, 3.8) is 0 Å². The molecule has 0 amide bonds. The maximum Gasteiger partial charge on any atom is 0.389 e. The molecule has 0 heterocycles. The number of benzene rings is 1. The van der Waals surface area contributed by atoms with Gasteiger partial charge in [-0.2, -0.15) is 13.2 Å². The lowest BCUT2D eigenvalue weighted by atomic mass is 10.1. The number of nitro benzene ring substituents is 1. The van der Waals surface area contributed by atoms with Crippen LogP contribution in [0.1, 0.15) is 23.2 Å². The van der Waals surface area contributed by atoms with E-state index in [0.29, 0.717) is 12.1 Å². The number of anilines is 1. The predicted octanol–water partition coefficient (Wildman–Crippen LogP) is 3.19. The van der Waals surface area contributed by atoms with Crippen LogP contribution in [-0.2, 0) is 0 Å². The van der Waals surface area contributed by atoms with Crippen molar-refractivity contribution in [2.45, 2.75) is 19.0 Å². The molecule has 1 rings (SSSR count). The highest BCUT2D eigenvalue weighted by Crippen LogP contribution is 2.27. The standard InChI is InChI=1S/C11H10F4N2O4/c12-7-5-9(17(20)21)6(10(18)19)4-8(7)16-3-1-2-11(13,14)15/h4-5,16H,1-3H2,(H,18,19). The Bertz CT molecular complexity index is 560. The highest BCUT2D eigenvalue weighted by atomic mass is 19.4. The molecule has 6 nitrogen and oxygen atoms in total. The van der Waals surface area contributed by atoms with Crippen LogP contribution in [0.3, 0.4) is 0 Å². The molecule has 0 saturated heterocycles. The summed E-state index contributed by atoms with van der Waals surface area (Å²) < 4.78 is 49.3. The summed E-state index contributed by atoms with van der Waals surface area (Å²) in [5, 5.41) is 21.7. The maximum atomic E-state index is 13.5. The van der Waals surface area contributed by atoms with Gasteiger partial charge >= 0.3 is 12.1 Å². The van der Waals surface area contributed by atoms with E-state index in [2.05, 4.69) is 5.32 Å². The zero-order chi connectivity index (χ0) is 16.2. The van der Waals surface area contributed by atoms with Gasteiger partial charge in [-0.25, -0.2) is 9.18 Å². The first-order valence-corrected chi connectivity index (χ1v) is 5.63. The van der Waals surface area contributed by atoms with Gasteiger partial charge in [-0.3, -0.25) is 10.1 Å². The van der Waals surface area contributed by atoms with Gasteiger partial charge in [0.25, 0.3) is 5.69 Å². The largest absolute Gasteiger partial charge is 0.477 e. The van der Waals surface area contributed by atoms with Crippen LogP contribution < -0.4 is 5.32 Å². The Labute approximate surface area is 115 Å². The molecule has 0 spiro atoms. The van der Waals surface area contributed by atoms with Crippen molar-refractivity contribution in [3.8, 4) is 0 Å². The van der Waals surface area contributed by atoms with Gasteiger partial charge in [0, 0.05) is 13.0 Å². The molecular weight excluding hydrogens is 300 g/mol. The second kappa shape index (κ2) is 6.37. The van der Waals surface area contributed by atoms with Crippen molar-refractivity contribution >= 4 is 17.3 Å². The topological polar surface area (TPSA) is 92.5 Å².